The Morgan fingerprint density at radius 2 is 1.15 bits per heavy atom. The average Bonchev–Trinajstić information content (AvgIpc) is 3.50. The molecule has 41 heavy (non-hydrogen) atoms. The van der Waals surface area contributed by atoms with Crippen LogP contribution >= 0.6 is 0 Å². The van der Waals surface area contributed by atoms with E-state index in [1.54, 1.807) is 0 Å². The molecule has 8 rings (SSSR count). The van der Waals surface area contributed by atoms with Crippen LogP contribution in [0.5, 0.6) is 0 Å². The van der Waals surface area contributed by atoms with E-state index < -0.39 is 0 Å². The molecule has 0 aliphatic rings. The molecule has 2 aromatic heterocycles. The van der Waals surface area contributed by atoms with Crippen molar-refractivity contribution in [2.24, 2.45) is 0 Å². The summed E-state index contributed by atoms with van der Waals surface area (Å²) < 4.78 is 6.09. The van der Waals surface area contributed by atoms with Crippen molar-refractivity contribution in [3.63, 3.8) is 0 Å². The Kier molecular flexibility index (Phi) is 5.42. The van der Waals surface area contributed by atoms with Crippen molar-refractivity contribution in [2.75, 3.05) is 0 Å². The predicted molar refractivity (Wildman–Crippen MR) is 166 cm³/mol. The van der Waals surface area contributed by atoms with Crippen molar-refractivity contribution in [1.82, 2.24) is 15.0 Å². The van der Waals surface area contributed by atoms with E-state index in [2.05, 4.69) is 66.7 Å². The monoisotopic (exact) mass is 525 g/mol. The number of nitrogens with zero attached hydrogens (tertiary/aromatic N) is 3. The van der Waals surface area contributed by atoms with Crippen molar-refractivity contribution >= 4 is 32.8 Å². The fourth-order valence-corrected chi connectivity index (χ4v) is 5.46. The molecule has 192 valence electrons. The average molecular weight is 526 g/mol. The molecule has 2 heterocycles. The molecule has 0 radical (unpaired) electrons. The van der Waals surface area contributed by atoms with Crippen LogP contribution in [0.2, 0.25) is 0 Å². The summed E-state index contributed by atoms with van der Waals surface area (Å²) in [6, 6.07) is 47.6. The van der Waals surface area contributed by atoms with E-state index in [9.17, 15) is 0 Å². The van der Waals surface area contributed by atoms with Gasteiger partial charge in [0, 0.05) is 27.5 Å². The first-order valence-electron chi connectivity index (χ1n) is 13.6. The van der Waals surface area contributed by atoms with Gasteiger partial charge >= 0.3 is 0 Å². The van der Waals surface area contributed by atoms with Gasteiger partial charge in [0.25, 0.3) is 0 Å². The van der Waals surface area contributed by atoms with E-state index >= 15 is 0 Å². The second kappa shape index (κ2) is 9.54. The molecule has 4 heteroatoms. The third-order valence-corrected chi connectivity index (χ3v) is 7.50. The van der Waals surface area contributed by atoms with E-state index in [1.807, 2.05) is 72.8 Å². The lowest BCUT2D eigenvalue weighted by atomic mass is 9.99. The highest BCUT2D eigenvalue weighted by Gasteiger charge is 2.14. The van der Waals surface area contributed by atoms with E-state index in [4.69, 9.17) is 19.4 Å². The van der Waals surface area contributed by atoms with Gasteiger partial charge < -0.3 is 4.42 Å². The normalized spacial score (nSPS) is 11.4. The Morgan fingerprint density at radius 1 is 0.439 bits per heavy atom. The van der Waals surface area contributed by atoms with Gasteiger partial charge in [0.2, 0.25) is 5.89 Å². The molecule has 0 N–H and O–H groups in total. The summed E-state index contributed by atoms with van der Waals surface area (Å²) >= 11 is 0. The number of benzene rings is 6. The summed E-state index contributed by atoms with van der Waals surface area (Å²) in [6.07, 6.45) is 0. The molecule has 0 aliphatic carbocycles. The zero-order valence-corrected chi connectivity index (χ0v) is 22.0. The lowest BCUT2D eigenvalue weighted by molar-refractivity contribution is 0.620. The second-order valence-corrected chi connectivity index (χ2v) is 10.1. The number of oxazole rings is 1. The van der Waals surface area contributed by atoms with E-state index in [-0.39, 0.29) is 0 Å². The third kappa shape index (κ3) is 4.14. The number of fused-ring (bicyclic) bond motifs is 4. The number of hydrogen-bond donors (Lipinski definition) is 0. The summed E-state index contributed by atoms with van der Waals surface area (Å²) in [5, 5.41) is 3.23. The summed E-state index contributed by atoms with van der Waals surface area (Å²) in [5.74, 6) is 1.35. The van der Waals surface area contributed by atoms with E-state index in [0.29, 0.717) is 11.7 Å². The van der Waals surface area contributed by atoms with Crippen LogP contribution < -0.4 is 0 Å². The maximum Gasteiger partial charge on any atom is 0.227 e. The van der Waals surface area contributed by atoms with Gasteiger partial charge in [-0.3, -0.25) is 0 Å². The van der Waals surface area contributed by atoms with Crippen LogP contribution in [0.3, 0.4) is 0 Å². The van der Waals surface area contributed by atoms with Crippen molar-refractivity contribution in [3.8, 4) is 45.2 Å². The summed E-state index contributed by atoms with van der Waals surface area (Å²) in [4.78, 5) is 14.8. The van der Waals surface area contributed by atoms with E-state index in [0.717, 1.165) is 66.3 Å². The zero-order chi connectivity index (χ0) is 27.2. The van der Waals surface area contributed by atoms with Crippen LogP contribution in [-0.4, -0.2) is 15.0 Å². The SMILES string of the molecule is c1ccc(-c2nc3c(ccc4cc(-c5cccc(-c6nc(-c7ccccc7)c7ccccc7n6)c5)ccc43)o2)cc1. The standard InChI is InChI=1S/C37H23N3O/c1-3-10-24(11-4-1)34-31-16-7-8-17-32(31)38-36(39-34)29-15-9-14-26(23-29)27-18-20-30-28(22-27)19-21-33-35(30)40-37(41-33)25-12-5-2-6-13-25/h1-23H. The molecular weight excluding hydrogens is 502 g/mol. The molecule has 0 saturated carbocycles. The van der Waals surface area contributed by atoms with Gasteiger partial charge in [-0.25, -0.2) is 15.0 Å². The molecule has 0 amide bonds. The Bertz CT molecular complexity index is 2200. The van der Waals surface area contributed by atoms with Gasteiger partial charge in [-0.15, -0.1) is 0 Å². The van der Waals surface area contributed by atoms with Crippen LogP contribution in [0, 0.1) is 0 Å². The highest BCUT2D eigenvalue weighted by Crippen LogP contribution is 2.34. The van der Waals surface area contributed by atoms with Gasteiger partial charge in [-0.1, -0.05) is 103 Å². The molecule has 0 fully saturated rings. The van der Waals surface area contributed by atoms with Gasteiger partial charge in [0.05, 0.1) is 11.2 Å². The van der Waals surface area contributed by atoms with Crippen LogP contribution in [0.25, 0.3) is 78.0 Å². The molecule has 6 aromatic carbocycles. The van der Waals surface area contributed by atoms with Crippen molar-refractivity contribution in [2.45, 2.75) is 0 Å². The number of para-hydroxylation sites is 1. The van der Waals surface area contributed by atoms with E-state index in [1.165, 1.54) is 0 Å². The summed E-state index contributed by atoms with van der Waals surface area (Å²) in [7, 11) is 0. The fourth-order valence-electron chi connectivity index (χ4n) is 5.46. The Balaban J connectivity index is 1.21. The van der Waals surface area contributed by atoms with Crippen molar-refractivity contribution < 1.29 is 4.42 Å². The minimum Gasteiger partial charge on any atom is -0.436 e. The summed E-state index contributed by atoms with van der Waals surface area (Å²) in [6.45, 7) is 0. The Labute approximate surface area is 236 Å². The first-order valence-corrected chi connectivity index (χ1v) is 13.6. The maximum atomic E-state index is 6.09. The highest BCUT2D eigenvalue weighted by atomic mass is 16.3. The molecule has 0 bridgehead atoms. The lowest BCUT2D eigenvalue weighted by Crippen LogP contribution is -1.95. The minimum atomic E-state index is 0.634. The first-order chi connectivity index (χ1) is 20.3. The number of hydrogen-bond acceptors (Lipinski definition) is 4. The first kappa shape index (κ1) is 23.3. The van der Waals surface area contributed by atoms with Gasteiger partial charge in [0.1, 0.15) is 5.52 Å². The molecular formula is C37H23N3O. The topological polar surface area (TPSA) is 51.8 Å². The minimum absolute atomic E-state index is 0.634. The predicted octanol–water partition coefficient (Wildman–Crippen LogP) is 9.59. The molecule has 8 aromatic rings. The molecule has 0 atom stereocenters. The maximum absolute atomic E-state index is 6.09. The molecule has 0 aliphatic heterocycles. The zero-order valence-electron chi connectivity index (χ0n) is 22.0. The highest BCUT2D eigenvalue weighted by molar-refractivity contribution is 6.05. The third-order valence-electron chi connectivity index (χ3n) is 7.50. The lowest BCUT2D eigenvalue weighted by Gasteiger charge is -2.11. The van der Waals surface area contributed by atoms with Gasteiger partial charge in [0.15, 0.2) is 11.4 Å². The van der Waals surface area contributed by atoms with Gasteiger partial charge in [-0.2, -0.15) is 0 Å². The molecule has 4 nitrogen and oxygen atoms in total. The number of rotatable bonds is 4. The van der Waals surface area contributed by atoms with Crippen LogP contribution in [0.1, 0.15) is 0 Å². The van der Waals surface area contributed by atoms with Crippen molar-refractivity contribution in [1.29, 1.82) is 0 Å². The second-order valence-electron chi connectivity index (χ2n) is 10.1. The largest absolute Gasteiger partial charge is 0.436 e. The number of aromatic nitrogens is 3. The molecule has 0 unspecified atom stereocenters. The molecule has 0 saturated heterocycles. The smallest absolute Gasteiger partial charge is 0.227 e. The van der Waals surface area contributed by atoms with Crippen LogP contribution in [0.4, 0.5) is 0 Å². The van der Waals surface area contributed by atoms with Crippen molar-refractivity contribution in [3.05, 3.63) is 140 Å². The summed E-state index contributed by atoms with van der Waals surface area (Å²) in [5.41, 5.74) is 8.78. The van der Waals surface area contributed by atoms with Crippen LogP contribution in [0.15, 0.2) is 144 Å². The quantitative estimate of drug-likeness (QED) is 0.230. The van der Waals surface area contributed by atoms with Crippen LogP contribution in [-0.2, 0) is 0 Å². The Morgan fingerprint density at radius 3 is 2.00 bits per heavy atom. The Hall–Kier alpha value is -5.61. The fraction of sp³-hybridized carbons (Fsp3) is 0. The molecule has 0 spiro atoms. The van der Waals surface area contributed by atoms with Gasteiger partial charge in [-0.05, 0) is 52.9 Å².